The molecule has 1 amide bonds. The number of carboxylic acid groups (broad SMARTS) is 1. The Kier molecular flexibility index (Phi) is 6.37. The Morgan fingerprint density at radius 1 is 1.23 bits per heavy atom. The molecule has 4 heterocycles. The highest BCUT2D eigenvalue weighted by Gasteiger charge is 2.33. The third-order valence-electron chi connectivity index (χ3n) is 6.02. The number of para-hydroxylation sites is 1. The average Bonchev–Trinajstić information content (AvgIpc) is 3.28. The van der Waals surface area contributed by atoms with Gasteiger partial charge in [-0.1, -0.05) is 18.2 Å². The predicted molar refractivity (Wildman–Crippen MR) is 127 cm³/mol. The number of fused-ring (bicyclic) bond motifs is 2. The fraction of sp³-hybridized carbons (Fsp3) is 0.320. The minimum atomic E-state index is -1.42. The van der Waals surface area contributed by atoms with Crippen LogP contribution in [-0.4, -0.2) is 76.2 Å². The molecule has 1 aliphatic rings. The zero-order chi connectivity index (χ0) is 24.4. The number of nitrogens with zero attached hydrogens (tertiary/aromatic N) is 4. The van der Waals surface area contributed by atoms with Crippen LogP contribution in [0.4, 0.5) is 9.18 Å². The van der Waals surface area contributed by atoms with Crippen molar-refractivity contribution in [3.63, 3.8) is 0 Å². The minimum Gasteiger partial charge on any atom is -0.491 e. The quantitative estimate of drug-likeness (QED) is 0.399. The number of benzene rings is 1. The Bertz CT molecular complexity index is 1360. The standard InChI is InChI=1S/C25H25FN4O5/c1-33-11-12-34-17-7-10-30-20(14-27-23(30)13-17)19-6-5-16-3-2-4-22(24(16)28-19)35-21-8-9-29(25(31)32)15-18(21)26/h2-7,10,13-14,18,21H,8-9,11-12,15H2,1H3,(H,31,32). The molecule has 1 N–H and O–H groups in total. The number of carbonyl (C=O) groups is 1. The highest BCUT2D eigenvalue weighted by atomic mass is 19.1. The summed E-state index contributed by atoms with van der Waals surface area (Å²) in [4.78, 5) is 21.5. The van der Waals surface area contributed by atoms with Gasteiger partial charge in [-0.25, -0.2) is 19.2 Å². The first-order chi connectivity index (χ1) is 17.0. The number of hydrogen-bond donors (Lipinski definition) is 1. The Morgan fingerprint density at radius 2 is 2.11 bits per heavy atom. The molecule has 35 heavy (non-hydrogen) atoms. The maximum Gasteiger partial charge on any atom is 0.407 e. The second-order valence-corrected chi connectivity index (χ2v) is 8.29. The van der Waals surface area contributed by atoms with Gasteiger partial charge in [0.15, 0.2) is 6.17 Å². The number of aromatic nitrogens is 3. The van der Waals surface area contributed by atoms with Crippen molar-refractivity contribution in [1.29, 1.82) is 0 Å². The van der Waals surface area contributed by atoms with Crippen LogP contribution < -0.4 is 9.47 Å². The topological polar surface area (TPSA) is 98.4 Å². The third kappa shape index (κ3) is 4.69. The third-order valence-corrected chi connectivity index (χ3v) is 6.02. The van der Waals surface area contributed by atoms with Gasteiger partial charge < -0.3 is 24.2 Å². The van der Waals surface area contributed by atoms with Gasteiger partial charge in [-0.15, -0.1) is 0 Å². The number of likely N-dealkylation sites (tertiary alicyclic amines) is 1. The van der Waals surface area contributed by atoms with E-state index in [9.17, 15) is 9.18 Å². The first kappa shape index (κ1) is 22.9. The van der Waals surface area contributed by atoms with Gasteiger partial charge >= 0.3 is 6.09 Å². The predicted octanol–water partition coefficient (Wildman–Crippen LogP) is 4.04. The van der Waals surface area contributed by atoms with Crippen LogP contribution in [0.5, 0.6) is 11.5 Å². The molecule has 9 nitrogen and oxygen atoms in total. The van der Waals surface area contributed by atoms with E-state index in [1.54, 1.807) is 19.4 Å². The summed E-state index contributed by atoms with van der Waals surface area (Å²) >= 11 is 0. The molecule has 1 aliphatic heterocycles. The number of ether oxygens (including phenoxy) is 3. The van der Waals surface area contributed by atoms with Gasteiger partial charge in [-0.05, 0) is 18.2 Å². The second kappa shape index (κ2) is 9.75. The molecule has 1 fully saturated rings. The molecular formula is C25H25FN4O5. The molecular weight excluding hydrogens is 455 g/mol. The molecule has 1 aromatic carbocycles. The van der Waals surface area contributed by atoms with Crippen molar-refractivity contribution in [2.75, 3.05) is 33.4 Å². The summed E-state index contributed by atoms with van der Waals surface area (Å²) in [7, 11) is 1.62. The molecule has 0 aliphatic carbocycles. The maximum atomic E-state index is 14.7. The lowest BCUT2D eigenvalue weighted by molar-refractivity contribution is 0.0256. The van der Waals surface area contributed by atoms with Crippen LogP contribution in [0.1, 0.15) is 6.42 Å². The van der Waals surface area contributed by atoms with Gasteiger partial charge in [0.05, 0.1) is 30.7 Å². The maximum absolute atomic E-state index is 14.7. The number of halogens is 1. The van der Waals surface area contributed by atoms with Crippen LogP contribution in [0.25, 0.3) is 27.9 Å². The fourth-order valence-electron chi connectivity index (χ4n) is 4.19. The Hall–Kier alpha value is -3.92. The van der Waals surface area contributed by atoms with Crippen LogP contribution in [0.3, 0.4) is 0 Å². The molecule has 0 bridgehead atoms. The van der Waals surface area contributed by atoms with E-state index in [0.717, 1.165) is 16.0 Å². The summed E-state index contributed by atoms with van der Waals surface area (Å²) in [5.74, 6) is 1.16. The smallest absolute Gasteiger partial charge is 0.407 e. The first-order valence-electron chi connectivity index (χ1n) is 11.3. The lowest BCUT2D eigenvalue weighted by Gasteiger charge is -2.33. The summed E-state index contributed by atoms with van der Waals surface area (Å²) < 4.78 is 33.3. The molecule has 5 rings (SSSR count). The molecule has 4 aromatic rings. The van der Waals surface area contributed by atoms with Crippen LogP contribution in [0.2, 0.25) is 0 Å². The first-order valence-corrected chi connectivity index (χ1v) is 11.3. The van der Waals surface area contributed by atoms with Gasteiger partial charge in [-0.3, -0.25) is 4.40 Å². The van der Waals surface area contributed by atoms with E-state index in [2.05, 4.69) is 4.98 Å². The highest BCUT2D eigenvalue weighted by molar-refractivity contribution is 5.86. The fourth-order valence-corrected chi connectivity index (χ4v) is 4.19. The summed E-state index contributed by atoms with van der Waals surface area (Å²) in [5, 5.41) is 9.98. The van der Waals surface area contributed by atoms with Crippen molar-refractivity contribution in [3.05, 3.63) is 54.9 Å². The number of rotatable bonds is 7. The second-order valence-electron chi connectivity index (χ2n) is 8.29. The van der Waals surface area contributed by atoms with Gasteiger partial charge in [-0.2, -0.15) is 0 Å². The van der Waals surface area contributed by atoms with Crippen LogP contribution in [0, 0.1) is 0 Å². The van der Waals surface area contributed by atoms with Crippen molar-refractivity contribution in [2.45, 2.75) is 18.7 Å². The van der Waals surface area contributed by atoms with Crippen molar-refractivity contribution in [2.24, 2.45) is 0 Å². The molecule has 1 saturated heterocycles. The van der Waals surface area contributed by atoms with Crippen molar-refractivity contribution >= 4 is 22.6 Å². The highest BCUT2D eigenvalue weighted by Crippen LogP contribution is 2.31. The molecule has 0 spiro atoms. The molecule has 0 radical (unpaired) electrons. The number of amides is 1. The lowest BCUT2D eigenvalue weighted by atomic mass is 10.1. The summed E-state index contributed by atoms with van der Waals surface area (Å²) in [6, 6.07) is 13.0. The summed E-state index contributed by atoms with van der Waals surface area (Å²) in [5.41, 5.74) is 2.80. The number of hydrogen-bond acceptors (Lipinski definition) is 6. The number of imidazole rings is 1. The Morgan fingerprint density at radius 3 is 2.91 bits per heavy atom. The summed E-state index contributed by atoms with van der Waals surface area (Å²) in [6.45, 7) is 0.966. The van der Waals surface area contributed by atoms with E-state index < -0.39 is 18.4 Å². The molecule has 3 aromatic heterocycles. The molecule has 182 valence electrons. The molecule has 0 saturated carbocycles. The van der Waals surface area contributed by atoms with Crippen LogP contribution in [0.15, 0.2) is 54.9 Å². The molecule has 10 heteroatoms. The van der Waals surface area contributed by atoms with E-state index >= 15 is 0 Å². The van der Waals surface area contributed by atoms with E-state index in [0.29, 0.717) is 41.6 Å². The number of methoxy groups -OCH3 is 1. The normalized spacial score (nSPS) is 18.2. The number of piperidine rings is 1. The van der Waals surface area contributed by atoms with E-state index in [1.165, 1.54) is 0 Å². The minimum absolute atomic E-state index is 0.206. The monoisotopic (exact) mass is 480 g/mol. The summed E-state index contributed by atoms with van der Waals surface area (Å²) in [6.07, 6.45) is 0.602. The number of alkyl halides is 1. The van der Waals surface area contributed by atoms with Gasteiger partial charge in [0.1, 0.15) is 35.4 Å². The van der Waals surface area contributed by atoms with Crippen molar-refractivity contribution in [3.8, 4) is 22.9 Å². The Labute approximate surface area is 200 Å². The SMILES string of the molecule is COCCOc1ccn2c(-c3ccc4cccc(OC5CCN(C(=O)O)CC5F)c4n3)cnc2c1. The molecule has 2 atom stereocenters. The van der Waals surface area contributed by atoms with Crippen molar-refractivity contribution in [1.82, 2.24) is 19.3 Å². The van der Waals surface area contributed by atoms with E-state index in [1.807, 2.05) is 47.0 Å². The average molecular weight is 480 g/mol. The van der Waals surface area contributed by atoms with E-state index in [4.69, 9.17) is 24.3 Å². The van der Waals surface area contributed by atoms with Gasteiger partial charge in [0.2, 0.25) is 0 Å². The zero-order valence-corrected chi connectivity index (χ0v) is 19.1. The number of pyridine rings is 2. The van der Waals surface area contributed by atoms with Crippen LogP contribution >= 0.6 is 0 Å². The van der Waals surface area contributed by atoms with E-state index in [-0.39, 0.29) is 19.5 Å². The Balaban J connectivity index is 1.42. The zero-order valence-electron chi connectivity index (χ0n) is 19.1. The van der Waals surface area contributed by atoms with Crippen LogP contribution in [-0.2, 0) is 4.74 Å². The largest absolute Gasteiger partial charge is 0.491 e. The molecule has 2 unspecified atom stereocenters. The van der Waals surface area contributed by atoms with Crippen molar-refractivity contribution < 1.29 is 28.5 Å². The lowest BCUT2D eigenvalue weighted by Crippen LogP contribution is -2.48. The van der Waals surface area contributed by atoms with Gasteiger partial charge in [0, 0.05) is 37.7 Å². The van der Waals surface area contributed by atoms with Gasteiger partial charge in [0.25, 0.3) is 0 Å².